The predicted octanol–water partition coefficient (Wildman–Crippen LogP) is 1.90. The zero-order chi connectivity index (χ0) is 20.6. The second-order valence-electron chi connectivity index (χ2n) is 6.72. The van der Waals surface area contributed by atoms with E-state index in [-0.39, 0.29) is 12.2 Å². The summed E-state index contributed by atoms with van der Waals surface area (Å²) in [6.45, 7) is -0.503. The number of rotatable bonds is 9. The van der Waals surface area contributed by atoms with Gasteiger partial charge in [0.2, 0.25) is 5.82 Å². The molecule has 8 heteroatoms. The number of carbonyl (C=O) groups excluding carboxylic acids is 1. The van der Waals surface area contributed by atoms with Gasteiger partial charge in [0, 0.05) is 6.04 Å². The highest BCUT2D eigenvalue weighted by atomic mass is 16.4. The molecule has 0 saturated carbocycles. The van der Waals surface area contributed by atoms with Crippen LogP contribution in [0.2, 0.25) is 0 Å². The number of carbonyl (C=O) groups is 2. The predicted molar refractivity (Wildman–Crippen MR) is 106 cm³/mol. The normalized spacial score (nSPS) is 12.9. The van der Waals surface area contributed by atoms with E-state index in [0.717, 1.165) is 16.7 Å². The number of benzene rings is 2. The summed E-state index contributed by atoms with van der Waals surface area (Å²) in [7, 11) is 0. The number of carboxylic acids is 1. The van der Waals surface area contributed by atoms with Crippen molar-refractivity contribution in [1.29, 1.82) is 0 Å². The number of aromatic amines is 1. The zero-order valence-corrected chi connectivity index (χ0v) is 15.7. The third-order valence-corrected chi connectivity index (χ3v) is 4.65. The van der Waals surface area contributed by atoms with Crippen molar-refractivity contribution in [2.24, 2.45) is 5.92 Å². The van der Waals surface area contributed by atoms with Crippen molar-refractivity contribution in [3.63, 3.8) is 0 Å². The fraction of sp³-hybridized carbons (Fsp3) is 0.238. The summed E-state index contributed by atoms with van der Waals surface area (Å²) in [5.41, 5.74) is 3.10. The zero-order valence-electron chi connectivity index (χ0n) is 15.7. The van der Waals surface area contributed by atoms with Crippen molar-refractivity contribution in [2.45, 2.75) is 18.9 Å². The molecule has 0 bridgehead atoms. The maximum absolute atomic E-state index is 12.3. The summed E-state index contributed by atoms with van der Waals surface area (Å²) in [5.74, 6) is -2.51. The van der Waals surface area contributed by atoms with Crippen LogP contribution in [0.15, 0.2) is 60.9 Å². The molecule has 3 aromatic rings. The monoisotopic (exact) mass is 394 g/mol. The van der Waals surface area contributed by atoms with E-state index < -0.39 is 30.4 Å². The van der Waals surface area contributed by atoms with Crippen LogP contribution in [-0.2, 0) is 11.2 Å². The number of carboxylic acid groups (broad SMARTS) is 1. The molecule has 3 rings (SSSR count). The number of aliphatic carboxylic acids is 1. The van der Waals surface area contributed by atoms with Gasteiger partial charge in [-0.3, -0.25) is 14.7 Å². The van der Waals surface area contributed by atoms with Crippen LogP contribution in [0.25, 0.3) is 11.1 Å². The minimum Gasteiger partial charge on any atom is -0.481 e. The lowest BCUT2D eigenvalue weighted by Crippen LogP contribution is -2.40. The summed E-state index contributed by atoms with van der Waals surface area (Å²) in [5, 5.41) is 27.6. The number of aromatic nitrogens is 3. The van der Waals surface area contributed by atoms with Gasteiger partial charge < -0.3 is 15.5 Å². The van der Waals surface area contributed by atoms with E-state index in [2.05, 4.69) is 20.5 Å². The quantitative estimate of drug-likeness (QED) is 0.439. The third-order valence-electron chi connectivity index (χ3n) is 4.65. The molecule has 1 unspecified atom stereocenters. The molecule has 1 aromatic heterocycles. The van der Waals surface area contributed by atoms with Gasteiger partial charge in [-0.1, -0.05) is 54.6 Å². The molecule has 0 aliphatic rings. The van der Waals surface area contributed by atoms with E-state index in [4.69, 9.17) is 0 Å². The van der Waals surface area contributed by atoms with Crippen molar-refractivity contribution >= 4 is 11.9 Å². The summed E-state index contributed by atoms with van der Waals surface area (Å²) in [6, 6.07) is 17.3. The molecule has 0 saturated heterocycles. The fourth-order valence-electron chi connectivity index (χ4n) is 3.11. The van der Waals surface area contributed by atoms with E-state index in [1.54, 1.807) is 0 Å². The fourth-order valence-corrected chi connectivity index (χ4v) is 3.11. The van der Waals surface area contributed by atoms with Crippen molar-refractivity contribution in [1.82, 2.24) is 20.5 Å². The molecular weight excluding hydrogens is 372 g/mol. The first-order chi connectivity index (χ1) is 14.1. The Morgan fingerprint density at radius 1 is 1.03 bits per heavy atom. The van der Waals surface area contributed by atoms with Gasteiger partial charge in [0.25, 0.3) is 5.91 Å². The minimum absolute atomic E-state index is 0.0466. The number of hydrogen-bond acceptors (Lipinski definition) is 5. The van der Waals surface area contributed by atoms with Gasteiger partial charge in [-0.05, 0) is 29.5 Å². The van der Waals surface area contributed by atoms with Gasteiger partial charge in [0.1, 0.15) is 6.33 Å². The number of hydrogen-bond donors (Lipinski definition) is 4. The molecule has 2 atom stereocenters. The van der Waals surface area contributed by atoms with Gasteiger partial charge in [-0.15, -0.1) is 0 Å². The molecule has 0 aliphatic heterocycles. The molecule has 2 aromatic carbocycles. The molecule has 0 radical (unpaired) electrons. The average Bonchev–Trinajstić information content (AvgIpc) is 3.28. The Bertz CT molecular complexity index is 927. The van der Waals surface area contributed by atoms with Crippen molar-refractivity contribution in [3.05, 3.63) is 72.3 Å². The number of aliphatic hydroxyl groups is 1. The first-order valence-electron chi connectivity index (χ1n) is 9.21. The van der Waals surface area contributed by atoms with Crippen LogP contribution in [0.4, 0.5) is 0 Å². The maximum Gasteiger partial charge on any atom is 0.308 e. The Hall–Kier alpha value is -3.52. The van der Waals surface area contributed by atoms with Crippen LogP contribution in [0.3, 0.4) is 0 Å². The highest BCUT2D eigenvalue weighted by molar-refractivity contribution is 5.90. The number of nitrogens with one attached hydrogen (secondary N) is 2. The van der Waals surface area contributed by atoms with Gasteiger partial charge in [0.15, 0.2) is 0 Å². The largest absolute Gasteiger partial charge is 0.481 e. The molecule has 1 amide bonds. The summed E-state index contributed by atoms with van der Waals surface area (Å²) < 4.78 is 0. The highest BCUT2D eigenvalue weighted by Gasteiger charge is 2.24. The van der Waals surface area contributed by atoms with Gasteiger partial charge in [-0.2, -0.15) is 5.10 Å². The third kappa shape index (κ3) is 5.49. The SMILES string of the molecule is O=C(NC(Cc1ccc(-c2ccccc2)cc1)C[C@@H](CO)C(=O)O)c1ncn[nH]1. The summed E-state index contributed by atoms with van der Waals surface area (Å²) in [4.78, 5) is 27.5. The Labute approximate surface area is 167 Å². The Morgan fingerprint density at radius 3 is 2.31 bits per heavy atom. The van der Waals surface area contributed by atoms with Gasteiger partial charge in [0.05, 0.1) is 12.5 Å². The second-order valence-corrected chi connectivity index (χ2v) is 6.72. The van der Waals surface area contributed by atoms with Crippen LogP contribution in [0, 0.1) is 5.92 Å². The van der Waals surface area contributed by atoms with E-state index in [9.17, 15) is 19.8 Å². The Morgan fingerprint density at radius 2 is 1.72 bits per heavy atom. The Balaban J connectivity index is 1.74. The molecule has 150 valence electrons. The van der Waals surface area contributed by atoms with Crippen molar-refractivity contribution < 1.29 is 19.8 Å². The van der Waals surface area contributed by atoms with E-state index >= 15 is 0 Å². The molecule has 8 nitrogen and oxygen atoms in total. The summed E-state index contributed by atoms with van der Waals surface area (Å²) in [6.07, 6.45) is 1.73. The number of amides is 1. The number of nitrogens with zero attached hydrogens (tertiary/aromatic N) is 2. The molecule has 4 N–H and O–H groups in total. The lowest BCUT2D eigenvalue weighted by atomic mass is 9.94. The standard InChI is InChI=1S/C21H22N4O4/c26-12-17(21(28)29)11-18(24-20(27)19-22-13-23-25-19)10-14-6-8-16(9-7-14)15-4-2-1-3-5-15/h1-9,13,17-18,26H,10-12H2,(H,24,27)(H,28,29)(H,22,23,25)/t17-,18?/m0/s1. The van der Waals surface area contributed by atoms with Crippen LogP contribution in [0.1, 0.15) is 22.6 Å². The van der Waals surface area contributed by atoms with Crippen LogP contribution in [0.5, 0.6) is 0 Å². The topological polar surface area (TPSA) is 128 Å². The van der Waals surface area contributed by atoms with Crippen molar-refractivity contribution in [3.8, 4) is 11.1 Å². The lowest BCUT2D eigenvalue weighted by molar-refractivity contribution is -0.143. The molecular formula is C21H22N4O4. The molecule has 0 aliphatic carbocycles. The second kappa shape index (κ2) is 9.61. The number of H-pyrrole nitrogens is 1. The van der Waals surface area contributed by atoms with Gasteiger partial charge >= 0.3 is 5.97 Å². The first-order valence-corrected chi connectivity index (χ1v) is 9.21. The first kappa shape index (κ1) is 20.2. The highest BCUT2D eigenvalue weighted by Crippen LogP contribution is 2.20. The lowest BCUT2D eigenvalue weighted by Gasteiger charge is -2.21. The summed E-state index contributed by atoms with van der Waals surface area (Å²) >= 11 is 0. The molecule has 29 heavy (non-hydrogen) atoms. The van der Waals surface area contributed by atoms with Crippen LogP contribution >= 0.6 is 0 Å². The van der Waals surface area contributed by atoms with E-state index in [1.807, 2.05) is 54.6 Å². The smallest absolute Gasteiger partial charge is 0.308 e. The number of aliphatic hydroxyl groups excluding tert-OH is 1. The van der Waals surface area contributed by atoms with E-state index in [0.29, 0.717) is 6.42 Å². The van der Waals surface area contributed by atoms with Crippen molar-refractivity contribution in [2.75, 3.05) is 6.61 Å². The molecule has 1 heterocycles. The van der Waals surface area contributed by atoms with E-state index in [1.165, 1.54) is 6.33 Å². The molecule has 0 fully saturated rings. The van der Waals surface area contributed by atoms with Crippen LogP contribution < -0.4 is 5.32 Å². The molecule has 0 spiro atoms. The Kier molecular flexibility index (Phi) is 6.70. The average molecular weight is 394 g/mol. The maximum atomic E-state index is 12.3. The minimum atomic E-state index is -1.11. The van der Waals surface area contributed by atoms with Gasteiger partial charge in [-0.25, -0.2) is 4.98 Å². The van der Waals surface area contributed by atoms with Crippen LogP contribution in [-0.4, -0.2) is 49.9 Å².